The van der Waals surface area contributed by atoms with E-state index in [1.165, 1.54) is 25.9 Å². The summed E-state index contributed by atoms with van der Waals surface area (Å²) in [5, 5.41) is 7.21. The van der Waals surface area contributed by atoms with Crippen LogP contribution in [-0.2, 0) is 11.3 Å². The molecule has 1 fully saturated rings. The van der Waals surface area contributed by atoms with Crippen molar-refractivity contribution in [3.8, 4) is 0 Å². The molecule has 1 saturated heterocycles. The second-order valence-corrected chi connectivity index (χ2v) is 5.49. The number of carbonyl (C=O) groups is 1. The Bertz CT molecular complexity index is 462. The molecule has 6 heteroatoms. The number of nitrogens with two attached hydrogens (primary N) is 1. The molecule has 0 radical (unpaired) electrons. The normalized spacial score (nSPS) is 15.7. The molecule has 0 unspecified atom stereocenters. The summed E-state index contributed by atoms with van der Waals surface area (Å²) >= 11 is 0. The summed E-state index contributed by atoms with van der Waals surface area (Å²) in [7, 11) is 0. The van der Waals surface area contributed by atoms with E-state index in [9.17, 15) is 4.79 Å². The number of nitrogens with one attached hydrogen (secondary N) is 1. The van der Waals surface area contributed by atoms with E-state index < -0.39 is 0 Å². The zero-order valence-corrected chi connectivity index (χ0v) is 12.5. The predicted octanol–water partition coefficient (Wildman–Crippen LogP) is 0.684. The van der Waals surface area contributed by atoms with Crippen molar-refractivity contribution in [1.82, 2.24) is 20.0 Å². The molecule has 0 spiro atoms. The third-order valence-corrected chi connectivity index (χ3v) is 3.90. The molecule has 2 heterocycles. The highest BCUT2D eigenvalue weighted by Gasteiger charge is 2.12. The molecule has 20 heavy (non-hydrogen) atoms. The van der Waals surface area contributed by atoms with Crippen LogP contribution < -0.4 is 11.1 Å². The smallest absolute Gasteiger partial charge is 0.241 e. The van der Waals surface area contributed by atoms with Crippen LogP contribution in [0.5, 0.6) is 0 Å². The van der Waals surface area contributed by atoms with Gasteiger partial charge >= 0.3 is 0 Å². The van der Waals surface area contributed by atoms with Crippen molar-refractivity contribution < 1.29 is 4.79 Å². The van der Waals surface area contributed by atoms with E-state index in [4.69, 9.17) is 5.73 Å². The summed E-state index contributed by atoms with van der Waals surface area (Å²) in [6.07, 6.45) is 3.63. The molecule has 3 N–H and O–H groups in total. The SMILES string of the molecule is Cc1nn(CC(=O)NCCCN2CCCC2)c(C)c1N. The number of anilines is 1. The first kappa shape index (κ1) is 14.8. The van der Waals surface area contributed by atoms with Crippen molar-refractivity contribution >= 4 is 11.6 Å². The lowest BCUT2D eigenvalue weighted by Gasteiger charge is -2.14. The number of carbonyl (C=O) groups excluding carboxylic acids is 1. The van der Waals surface area contributed by atoms with Gasteiger partial charge in [0.25, 0.3) is 0 Å². The number of rotatable bonds is 6. The minimum atomic E-state index is -0.00276. The Kier molecular flexibility index (Phi) is 5.00. The highest BCUT2D eigenvalue weighted by molar-refractivity contribution is 5.75. The molecule has 1 aliphatic heterocycles. The average molecular weight is 279 g/mol. The van der Waals surface area contributed by atoms with Crippen LogP contribution in [0.3, 0.4) is 0 Å². The molecule has 1 aromatic rings. The van der Waals surface area contributed by atoms with Crippen LogP contribution in [0.15, 0.2) is 0 Å². The zero-order valence-electron chi connectivity index (χ0n) is 12.5. The number of likely N-dealkylation sites (tertiary alicyclic amines) is 1. The number of aromatic nitrogens is 2. The van der Waals surface area contributed by atoms with Crippen molar-refractivity contribution in [3.63, 3.8) is 0 Å². The van der Waals surface area contributed by atoms with E-state index in [0.717, 1.165) is 30.9 Å². The van der Waals surface area contributed by atoms with Crippen LogP contribution in [0.25, 0.3) is 0 Å². The molecule has 1 amide bonds. The van der Waals surface area contributed by atoms with E-state index in [2.05, 4.69) is 15.3 Å². The summed E-state index contributed by atoms with van der Waals surface area (Å²) < 4.78 is 1.67. The van der Waals surface area contributed by atoms with E-state index >= 15 is 0 Å². The number of nitrogens with zero attached hydrogens (tertiary/aromatic N) is 3. The van der Waals surface area contributed by atoms with Crippen molar-refractivity contribution in [2.45, 2.75) is 39.7 Å². The van der Waals surface area contributed by atoms with Crippen molar-refractivity contribution in [1.29, 1.82) is 0 Å². The monoisotopic (exact) mass is 279 g/mol. The molecule has 6 nitrogen and oxygen atoms in total. The number of amides is 1. The Morgan fingerprint density at radius 1 is 1.35 bits per heavy atom. The van der Waals surface area contributed by atoms with Crippen molar-refractivity contribution in [3.05, 3.63) is 11.4 Å². The first-order valence-electron chi connectivity index (χ1n) is 7.36. The maximum atomic E-state index is 11.9. The fourth-order valence-electron chi connectivity index (χ4n) is 2.59. The van der Waals surface area contributed by atoms with Gasteiger partial charge in [0.05, 0.1) is 17.1 Å². The summed E-state index contributed by atoms with van der Waals surface area (Å²) in [6.45, 7) is 8.20. The van der Waals surface area contributed by atoms with Gasteiger partial charge in [-0.3, -0.25) is 9.48 Å². The van der Waals surface area contributed by atoms with Gasteiger partial charge < -0.3 is 16.0 Å². The molecule has 112 valence electrons. The van der Waals surface area contributed by atoms with Gasteiger partial charge in [0, 0.05) is 6.54 Å². The molecule has 0 saturated carbocycles. The average Bonchev–Trinajstić information content (AvgIpc) is 3.01. The Hall–Kier alpha value is -1.56. The quantitative estimate of drug-likeness (QED) is 0.751. The van der Waals surface area contributed by atoms with Crippen LogP contribution >= 0.6 is 0 Å². The minimum absolute atomic E-state index is 0.00276. The number of aryl methyl sites for hydroxylation is 1. The minimum Gasteiger partial charge on any atom is -0.396 e. The summed E-state index contributed by atoms with van der Waals surface area (Å²) in [6, 6.07) is 0. The van der Waals surface area contributed by atoms with Crippen LogP contribution in [0, 0.1) is 13.8 Å². The topological polar surface area (TPSA) is 76.2 Å². The van der Waals surface area contributed by atoms with Gasteiger partial charge in [0.1, 0.15) is 6.54 Å². The standard InChI is InChI=1S/C14H25N5O/c1-11-14(15)12(2)19(17-11)10-13(20)16-6-5-9-18-7-3-4-8-18/h3-10,15H2,1-2H3,(H,16,20). The highest BCUT2D eigenvalue weighted by Crippen LogP contribution is 2.14. The number of hydrogen-bond donors (Lipinski definition) is 2. The Labute approximate surface area is 120 Å². The fraction of sp³-hybridized carbons (Fsp3) is 0.714. The van der Waals surface area contributed by atoms with Gasteiger partial charge in [0.15, 0.2) is 0 Å². The molecule has 0 bridgehead atoms. The van der Waals surface area contributed by atoms with Crippen LogP contribution in [-0.4, -0.2) is 46.8 Å². The fourth-order valence-corrected chi connectivity index (χ4v) is 2.59. The number of nitrogen functional groups attached to an aromatic ring is 1. The predicted molar refractivity (Wildman–Crippen MR) is 79.4 cm³/mol. The highest BCUT2D eigenvalue weighted by atomic mass is 16.2. The maximum absolute atomic E-state index is 11.9. The number of hydrogen-bond acceptors (Lipinski definition) is 4. The van der Waals surface area contributed by atoms with Crippen LogP contribution in [0.4, 0.5) is 5.69 Å². The van der Waals surface area contributed by atoms with Gasteiger partial charge in [-0.05, 0) is 52.7 Å². The molecule has 1 aromatic heterocycles. The first-order chi connectivity index (χ1) is 9.58. The summed E-state index contributed by atoms with van der Waals surface area (Å²) in [5.74, 6) is -0.00276. The van der Waals surface area contributed by atoms with E-state index in [-0.39, 0.29) is 12.5 Å². The summed E-state index contributed by atoms with van der Waals surface area (Å²) in [4.78, 5) is 14.3. The van der Waals surface area contributed by atoms with Gasteiger partial charge in [-0.25, -0.2) is 0 Å². The third kappa shape index (κ3) is 3.72. The van der Waals surface area contributed by atoms with Crippen LogP contribution in [0.2, 0.25) is 0 Å². The first-order valence-corrected chi connectivity index (χ1v) is 7.36. The van der Waals surface area contributed by atoms with E-state index in [1.807, 2.05) is 13.8 Å². The molecular formula is C14H25N5O. The second-order valence-electron chi connectivity index (χ2n) is 5.49. The molecular weight excluding hydrogens is 254 g/mol. The lowest BCUT2D eigenvalue weighted by Crippen LogP contribution is -2.31. The van der Waals surface area contributed by atoms with Crippen LogP contribution in [0.1, 0.15) is 30.7 Å². The zero-order chi connectivity index (χ0) is 14.5. The lowest BCUT2D eigenvalue weighted by molar-refractivity contribution is -0.121. The molecule has 1 aliphatic rings. The lowest BCUT2D eigenvalue weighted by atomic mass is 10.3. The van der Waals surface area contributed by atoms with Gasteiger partial charge in [-0.2, -0.15) is 5.10 Å². The molecule has 0 aliphatic carbocycles. The molecule has 0 aromatic carbocycles. The van der Waals surface area contributed by atoms with Gasteiger partial charge in [-0.15, -0.1) is 0 Å². The van der Waals surface area contributed by atoms with Crippen molar-refractivity contribution in [2.75, 3.05) is 31.9 Å². The largest absolute Gasteiger partial charge is 0.396 e. The Balaban J connectivity index is 1.68. The van der Waals surface area contributed by atoms with E-state index in [0.29, 0.717) is 5.69 Å². The van der Waals surface area contributed by atoms with Crippen molar-refractivity contribution in [2.24, 2.45) is 0 Å². The van der Waals surface area contributed by atoms with E-state index in [1.54, 1.807) is 4.68 Å². The Morgan fingerprint density at radius 3 is 2.65 bits per heavy atom. The summed E-state index contributed by atoms with van der Waals surface area (Å²) in [5.41, 5.74) is 8.16. The van der Waals surface area contributed by atoms with Gasteiger partial charge in [0.2, 0.25) is 5.91 Å². The molecule has 0 atom stereocenters. The Morgan fingerprint density at radius 2 is 2.05 bits per heavy atom. The van der Waals surface area contributed by atoms with Gasteiger partial charge in [-0.1, -0.05) is 0 Å². The maximum Gasteiger partial charge on any atom is 0.241 e. The second kappa shape index (κ2) is 6.74. The molecule has 2 rings (SSSR count). The third-order valence-electron chi connectivity index (χ3n) is 3.90.